The highest BCUT2D eigenvalue weighted by Crippen LogP contribution is 2.37. The van der Waals surface area contributed by atoms with Gasteiger partial charge in [0.2, 0.25) is 0 Å². The van der Waals surface area contributed by atoms with Gasteiger partial charge in [-0.3, -0.25) is 4.79 Å². The highest BCUT2D eigenvalue weighted by Gasteiger charge is 2.36. The van der Waals surface area contributed by atoms with E-state index in [1.54, 1.807) is 24.3 Å². The van der Waals surface area contributed by atoms with Crippen LogP contribution in [0.1, 0.15) is 24.0 Å². The fourth-order valence-electron chi connectivity index (χ4n) is 2.61. The van der Waals surface area contributed by atoms with Gasteiger partial charge >= 0.3 is 0 Å². The zero-order valence-corrected chi connectivity index (χ0v) is 11.7. The van der Waals surface area contributed by atoms with Crippen LogP contribution < -0.4 is 10.1 Å². The lowest BCUT2D eigenvalue weighted by Crippen LogP contribution is -2.33. The summed E-state index contributed by atoms with van der Waals surface area (Å²) in [5.74, 6) is 0.616. The van der Waals surface area contributed by atoms with Gasteiger partial charge in [0.05, 0.1) is 6.61 Å². The summed E-state index contributed by atoms with van der Waals surface area (Å²) in [4.78, 5) is 12.4. The number of nitrogens with one attached hydrogen (secondary N) is 1. The van der Waals surface area contributed by atoms with Crippen molar-refractivity contribution in [1.29, 1.82) is 0 Å². The second-order valence-electron chi connectivity index (χ2n) is 5.21. The molecule has 108 valence electrons. The first-order valence-corrected chi connectivity index (χ1v) is 6.95. The molecule has 2 unspecified atom stereocenters. The van der Waals surface area contributed by atoms with Crippen molar-refractivity contribution >= 4 is 11.6 Å². The number of para-hydroxylation sites is 1. The topological polar surface area (TPSA) is 58.6 Å². The van der Waals surface area contributed by atoms with E-state index in [4.69, 9.17) is 9.84 Å². The summed E-state index contributed by atoms with van der Waals surface area (Å²) in [6.45, 7) is 1.94. The number of benzene rings is 2. The molecule has 0 radical (unpaired) electrons. The number of carbonyl (C=O) groups is 1. The van der Waals surface area contributed by atoms with Crippen molar-refractivity contribution < 1.29 is 14.6 Å². The minimum Gasteiger partial charge on any atom is -0.480 e. The Labute approximate surface area is 123 Å². The molecule has 3 rings (SSSR count). The number of hydrogen-bond acceptors (Lipinski definition) is 3. The van der Waals surface area contributed by atoms with Gasteiger partial charge in [-0.15, -0.1) is 0 Å². The lowest BCUT2D eigenvalue weighted by Gasteiger charge is -2.15. The Balaban J connectivity index is 1.75. The van der Waals surface area contributed by atoms with E-state index in [1.165, 1.54) is 0 Å². The van der Waals surface area contributed by atoms with Crippen LogP contribution in [0.5, 0.6) is 5.75 Å². The highest BCUT2D eigenvalue weighted by molar-refractivity contribution is 5.95. The van der Waals surface area contributed by atoms with Crippen LogP contribution in [0.25, 0.3) is 0 Å². The van der Waals surface area contributed by atoms with Crippen LogP contribution in [0.3, 0.4) is 0 Å². The Bertz CT molecular complexity index is 669. The third kappa shape index (κ3) is 2.62. The monoisotopic (exact) mass is 283 g/mol. The number of hydrogen-bond donors (Lipinski definition) is 2. The first kappa shape index (κ1) is 13.6. The van der Waals surface area contributed by atoms with E-state index in [1.807, 2.05) is 31.2 Å². The van der Waals surface area contributed by atoms with E-state index in [2.05, 4.69) is 5.32 Å². The van der Waals surface area contributed by atoms with Gasteiger partial charge in [0, 0.05) is 17.2 Å². The van der Waals surface area contributed by atoms with Gasteiger partial charge in [0.15, 0.2) is 6.10 Å². The van der Waals surface area contributed by atoms with Gasteiger partial charge in [-0.25, -0.2) is 0 Å². The molecule has 0 aromatic heterocycles. The molecule has 1 heterocycles. The van der Waals surface area contributed by atoms with Gasteiger partial charge in [0.25, 0.3) is 5.91 Å². The lowest BCUT2D eigenvalue weighted by atomic mass is 9.97. The normalized spacial score (nSPS) is 19.7. The molecule has 2 N–H and O–H groups in total. The van der Waals surface area contributed by atoms with Crippen molar-refractivity contribution in [3.63, 3.8) is 0 Å². The summed E-state index contributed by atoms with van der Waals surface area (Å²) in [6, 6.07) is 14.9. The number of aliphatic hydroxyl groups is 1. The number of anilines is 1. The summed E-state index contributed by atoms with van der Waals surface area (Å²) in [6.07, 6.45) is -0.528. The van der Waals surface area contributed by atoms with Crippen LogP contribution in [0, 0.1) is 0 Å². The van der Waals surface area contributed by atoms with E-state index < -0.39 is 6.10 Å². The zero-order chi connectivity index (χ0) is 14.8. The molecule has 0 spiro atoms. The zero-order valence-electron chi connectivity index (χ0n) is 11.7. The minimum atomic E-state index is -0.528. The molecule has 0 fully saturated rings. The maximum Gasteiger partial charge on any atom is 0.266 e. The van der Waals surface area contributed by atoms with Crippen LogP contribution in [0.15, 0.2) is 48.5 Å². The van der Waals surface area contributed by atoms with Crippen LogP contribution in [-0.2, 0) is 11.4 Å². The number of ether oxygens (including phenoxy) is 1. The standard InChI is InChI=1S/C17H17NO3/c1-11-14-7-2-3-8-15(14)21-16(11)17(20)18-13-6-4-5-12(9-13)10-19/h2-9,11,16,19H,10H2,1H3,(H,18,20). The second-order valence-corrected chi connectivity index (χ2v) is 5.21. The van der Waals surface area contributed by atoms with Crippen LogP contribution in [0.2, 0.25) is 0 Å². The van der Waals surface area contributed by atoms with Gasteiger partial charge < -0.3 is 15.2 Å². The summed E-state index contributed by atoms with van der Waals surface area (Å²) in [7, 11) is 0. The third-order valence-electron chi connectivity index (χ3n) is 3.75. The summed E-state index contributed by atoms with van der Waals surface area (Å²) < 4.78 is 5.75. The van der Waals surface area contributed by atoms with E-state index in [0.717, 1.165) is 16.9 Å². The fraction of sp³-hybridized carbons (Fsp3) is 0.235. The van der Waals surface area contributed by atoms with E-state index in [0.29, 0.717) is 5.69 Å². The average molecular weight is 283 g/mol. The maximum absolute atomic E-state index is 12.4. The number of amides is 1. The second kappa shape index (κ2) is 5.58. The van der Waals surface area contributed by atoms with Crippen molar-refractivity contribution in [2.75, 3.05) is 5.32 Å². The van der Waals surface area contributed by atoms with Crippen LogP contribution in [0.4, 0.5) is 5.69 Å². The minimum absolute atomic E-state index is 0.0159. The molecule has 0 saturated heterocycles. The molecular weight excluding hydrogens is 266 g/mol. The Morgan fingerprint density at radius 3 is 2.81 bits per heavy atom. The van der Waals surface area contributed by atoms with Gasteiger partial charge in [-0.2, -0.15) is 0 Å². The molecule has 1 aliphatic heterocycles. The molecule has 2 atom stereocenters. The summed E-state index contributed by atoms with van der Waals surface area (Å²) in [5.41, 5.74) is 2.48. The maximum atomic E-state index is 12.4. The number of aliphatic hydroxyl groups excluding tert-OH is 1. The van der Waals surface area contributed by atoms with Crippen molar-refractivity contribution in [2.45, 2.75) is 25.6 Å². The smallest absolute Gasteiger partial charge is 0.266 e. The lowest BCUT2D eigenvalue weighted by molar-refractivity contribution is -0.122. The third-order valence-corrected chi connectivity index (χ3v) is 3.75. The Kier molecular flexibility index (Phi) is 3.62. The predicted molar refractivity (Wildman–Crippen MR) is 80.3 cm³/mol. The SMILES string of the molecule is CC1c2ccccc2OC1C(=O)Nc1cccc(CO)c1. The first-order chi connectivity index (χ1) is 10.2. The van der Waals surface area contributed by atoms with Gasteiger partial charge in [-0.1, -0.05) is 37.3 Å². The molecular formula is C17H17NO3. The number of rotatable bonds is 3. The largest absolute Gasteiger partial charge is 0.480 e. The van der Waals surface area contributed by atoms with Crippen molar-refractivity contribution in [3.05, 3.63) is 59.7 Å². The van der Waals surface area contributed by atoms with Crippen molar-refractivity contribution in [3.8, 4) is 5.75 Å². The highest BCUT2D eigenvalue weighted by atomic mass is 16.5. The van der Waals surface area contributed by atoms with Crippen molar-refractivity contribution in [1.82, 2.24) is 0 Å². The van der Waals surface area contributed by atoms with Gasteiger partial charge in [-0.05, 0) is 23.8 Å². The molecule has 4 nitrogen and oxygen atoms in total. The predicted octanol–water partition coefficient (Wildman–Crippen LogP) is 2.68. The molecule has 0 saturated carbocycles. The van der Waals surface area contributed by atoms with Gasteiger partial charge in [0.1, 0.15) is 5.75 Å². The van der Waals surface area contributed by atoms with Crippen LogP contribution >= 0.6 is 0 Å². The number of fused-ring (bicyclic) bond motifs is 1. The Hall–Kier alpha value is -2.33. The summed E-state index contributed by atoms with van der Waals surface area (Å²) in [5, 5.41) is 12.0. The van der Waals surface area contributed by atoms with Crippen LogP contribution in [-0.4, -0.2) is 17.1 Å². The van der Waals surface area contributed by atoms with E-state index >= 15 is 0 Å². The van der Waals surface area contributed by atoms with E-state index in [9.17, 15) is 4.79 Å². The molecule has 0 bridgehead atoms. The molecule has 2 aromatic carbocycles. The Morgan fingerprint density at radius 2 is 2.05 bits per heavy atom. The molecule has 21 heavy (non-hydrogen) atoms. The van der Waals surface area contributed by atoms with Crippen molar-refractivity contribution in [2.24, 2.45) is 0 Å². The van der Waals surface area contributed by atoms with E-state index in [-0.39, 0.29) is 18.4 Å². The molecule has 1 aliphatic rings. The fourth-order valence-corrected chi connectivity index (χ4v) is 2.61. The molecule has 1 amide bonds. The molecule has 0 aliphatic carbocycles. The number of carbonyl (C=O) groups excluding carboxylic acids is 1. The summed E-state index contributed by atoms with van der Waals surface area (Å²) >= 11 is 0. The molecule has 4 heteroatoms. The molecule has 2 aromatic rings. The first-order valence-electron chi connectivity index (χ1n) is 6.95. The average Bonchev–Trinajstić information content (AvgIpc) is 2.85. The Morgan fingerprint density at radius 1 is 1.24 bits per heavy atom. The quantitative estimate of drug-likeness (QED) is 0.910.